The van der Waals surface area contributed by atoms with E-state index >= 15 is 0 Å². The monoisotopic (exact) mass is 391 g/mol. The third-order valence-corrected chi connectivity index (χ3v) is 6.70. The molecule has 0 spiro atoms. The highest BCUT2D eigenvalue weighted by atomic mass is 32.2. The second kappa shape index (κ2) is 7.39. The Morgan fingerprint density at radius 1 is 0.630 bits per heavy atom. The van der Waals surface area contributed by atoms with Gasteiger partial charge < -0.3 is 0 Å². The van der Waals surface area contributed by atoms with E-state index in [0.717, 1.165) is 31.9 Å². The van der Waals surface area contributed by atoms with Crippen molar-refractivity contribution in [1.82, 2.24) is 0 Å². The molecule has 0 N–H and O–H groups in total. The lowest BCUT2D eigenvalue weighted by Crippen LogP contribution is -2.10. The Kier molecular flexibility index (Phi) is 5.33. The maximum absolute atomic E-state index is 13.4. The number of halogens is 4. The molecule has 0 nitrogen and oxygen atoms in total. The Balaban J connectivity index is 2.16. The van der Waals surface area contributed by atoms with Crippen LogP contribution in [0.1, 0.15) is 22.3 Å². The van der Waals surface area contributed by atoms with Gasteiger partial charge in [-0.05, 0) is 92.1 Å². The van der Waals surface area contributed by atoms with Gasteiger partial charge >= 0.3 is 6.18 Å². The first-order valence-corrected chi connectivity index (χ1v) is 9.64. The van der Waals surface area contributed by atoms with Gasteiger partial charge in [0, 0.05) is 0 Å². The van der Waals surface area contributed by atoms with Gasteiger partial charge in [-0.2, -0.15) is 13.2 Å². The Bertz CT molecular complexity index is 959. The quantitative estimate of drug-likeness (QED) is 0.338. The van der Waals surface area contributed by atoms with E-state index in [9.17, 15) is 17.6 Å². The Hall–Kier alpha value is -2.27. The van der Waals surface area contributed by atoms with Gasteiger partial charge in [0.05, 0.1) is 16.5 Å². The molecule has 3 aromatic rings. The summed E-state index contributed by atoms with van der Waals surface area (Å²) >= 11 is 0. The summed E-state index contributed by atoms with van der Waals surface area (Å²) in [7, 11) is -0.621. The summed E-state index contributed by atoms with van der Waals surface area (Å²) < 4.78 is 52.8. The molecule has 0 saturated carbocycles. The standard InChI is InChI=1S/C22H19F4S/c1-14-4-7-19(12-15(14)2)27(18-8-5-17(23)6-9-18)20-10-11-21(16(3)13-20)22(24,25)26/h4-13H,1-3H3/q+1. The van der Waals surface area contributed by atoms with E-state index in [1.165, 1.54) is 25.1 Å². The first-order valence-electron chi connectivity index (χ1n) is 8.42. The van der Waals surface area contributed by atoms with Crippen molar-refractivity contribution in [2.24, 2.45) is 0 Å². The Morgan fingerprint density at radius 3 is 1.67 bits per heavy atom. The zero-order chi connectivity index (χ0) is 19.8. The van der Waals surface area contributed by atoms with Crippen LogP contribution in [-0.2, 0) is 17.1 Å². The molecule has 5 heteroatoms. The predicted molar refractivity (Wildman–Crippen MR) is 101 cm³/mol. The van der Waals surface area contributed by atoms with E-state index < -0.39 is 22.6 Å². The second-order valence-corrected chi connectivity index (χ2v) is 8.51. The number of aryl methyl sites for hydroxylation is 3. The van der Waals surface area contributed by atoms with Crippen LogP contribution in [0.25, 0.3) is 0 Å². The van der Waals surface area contributed by atoms with E-state index in [0.29, 0.717) is 0 Å². The van der Waals surface area contributed by atoms with Gasteiger partial charge in [-0.3, -0.25) is 0 Å². The van der Waals surface area contributed by atoms with Crippen molar-refractivity contribution < 1.29 is 17.6 Å². The van der Waals surface area contributed by atoms with Crippen molar-refractivity contribution >= 4 is 10.9 Å². The molecule has 0 radical (unpaired) electrons. The zero-order valence-corrected chi connectivity index (χ0v) is 16.0. The molecule has 0 aliphatic carbocycles. The molecule has 0 amide bonds. The summed E-state index contributed by atoms with van der Waals surface area (Å²) in [5.41, 5.74) is 1.80. The van der Waals surface area contributed by atoms with Crippen molar-refractivity contribution in [3.8, 4) is 0 Å². The molecule has 1 unspecified atom stereocenters. The highest BCUT2D eigenvalue weighted by molar-refractivity contribution is 7.97. The Morgan fingerprint density at radius 2 is 1.15 bits per heavy atom. The van der Waals surface area contributed by atoms with Crippen LogP contribution in [-0.4, -0.2) is 0 Å². The van der Waals surface area contributed by atoms with Gasteiger partial charge in [0.1, 0.15) is 5.82 Å². The first kappa shape index (κ1) is 19.5. The van der Waals surface area contributed by atoms with Gasteiger partial charge in [-0.25, -0.2) is 4.39 Å². The minimum absolute atomic E-state index is 0.184. The van der Waals surface area contributed by atoms with Crippen molar-refractivity contribution in [1.29, 1.82) is 0 Å². The highest BCUT2D eigenvalue weighted by Crippen LogP contribution is 2.37. The lowest BCUT2D eigenvalue weighted by atomic mass is 10.1. The zero-order valence-electron chi connectivity index (χ0n) is 15.2. The molecule has 1 atom stereocenters. The number of hydrogen-bond donors (Lipinski definition) is 0. The van der Waals surface area contributed by atoms with Crippen LogP contribution in [0.4, 0.5) is 17.6 Å². The third-order valence-electron chi connectivity index (χ3n) is 4.50. The van der Waals surface area contributed by atoms with E-state index in [-0.39, 0.29) is 11.4 Å². The lowest BCUT2D eigenvalue weighted by Gasteiger charge is -2.13. The van der Waals surface area contributed by atoms with Gasteiger partial charge in [0.2, 0.25) is 0 Å². The van der Waals surface area contributed by atoms with Crippen LogP contribution in [0.15, 0.2) is 75.4 Å². The summed E-state index contributed by atoms with van der Waals surface area (Å²) in [6, 6.07) is 16.4. The maximum atomic E-state index is 13.4. The summed E-state index contributed by atoms with van der Waals surface area (Å²) in [5, 5.41) is 0. The molecule has 3 rings (SSSR count). The van der Waals surface area contributed by atoms with Gasteiger partial charge in [-0.15, -0.1) is 0 Å². The minimum Gasteiger partial charge on any atom is -0.207 e. The maximum Gasteiger partial charge on any atom is 0.416 e. The highest BCUT2D eigenvalue weighted by Gasteiger charge is 2.35. The molecule has 0 bridgehead atoms. The second-order valence-electron chi connectivity index (χ2n) is 6.48. The first-order chi connectivity index (χ1) is 12.7. The summed E-state index contributed by atoms with van der Waals surface area (Å²) in [6.07, 6.45) is -4.38. The Labute approximate surface area is 159 Å². The summed E-state index contributed by atoms with van der Waals surface area (Å²) in [4.78, 5) is 2.62. The molecule has 3 aromatic carbocycles. The van der Waals surface area contributed by atoms with E-state index in [1.54, 1.807) is 18.2 Å². The van der Waals surface area contributed by atoms with E-state index in [4.69, 9.17) is 0 Å². The van der Waals surface area contributed by atoms with Crippen molar-refractivity contribution in [3.63, 3.8) is 0 Å². The van der Waals surface area contributed by atoms with Crippen molar-refractivity contribution in [3.05, 3.63) is 88.7 Å². The molecule has 0 aliphatic heterocycles. The van der Waals surface area contributed by atoms with Crippen LogP contribution < -0.4 is 0 Å². The number of benzene rings is 3. The lowest BCUT2D eigenvalue weighted by molar-refractivity contribution is -0.138. The van der Waals surface area contributed by atoms with E-state index in [2.05, 4.69) is 6.07 Å². The largest absolute Gasteiger partial charge is 0.416 e. The SMILES string of the molecule is Cc1ccc([S+](c2ccc(F)cc2)c2ccc(C(F)(F)F)c(C)c2)cc1C. The topological polar surface area (TPSA) is 0 Å². The molecule has 140 valence electrons. The van der Waals surface area contributed by atoms with Crippen molar-refractivity contribution in [2.75, 3.05) is 0 Å². The fraction of sp³-hybridized carbons (Fsp3) is 0.182. The van der Waals surface area contributed by atoms with Crippen LogP contribution >= 0.6 is 0 Å². The normalized spacial score (nSPS) is 12.9. The van der Waals surface area contributed by atoms with Crippen LogP contribution in [0.5, 0.6) is 0 Å². The van der Waals surface area contributed by atoms with Crippen LogP contribution in [0, 0.1) is 26.6 Å². The van der Waals surface area contributed by atoms with Crippen molar-refractivity contribution in [2.45, 2.75) is 41.6 Å². The third kappa shape index (κ3) is 4.19. The van der Waals surface area contributed by atoms with Gasteiger partial charge in [-0.1, -0.05) is 6.07 Å². The average molecular weight is 391 g/mol. The predicted octanol–water partition coefficient (Wildman–Crippen LogP) is 6.87. The smallest absolute Gasteiger partial charge is 0.207 e. The molecule has 0 heterocycles. The molecule has 0 saturated heterocycles. The number of hydrogen-bond acceptors (Lipinski definition) is 0. The summed E-state index contributed by atoms with van der Waals surface area (Å²) in [6.45, 7) is 5.49. The fourth-order valence-electron chi connectivity index (χ4n) is 2.90. The molecule has 27 heavy (non-hydrogen) atoms. The number of alkyl halides is 3. The molecular weight excluding hydrogens is 372 g/mol. The van der Waals surface area contributed by atoms with Gasteiger partial charge in [0.15, 0.2) is 14.7 Å². The average Bonchev–Trinajstić information content (AvgIpc) is 2.59. The molecule has 0 aliphatic rings. The van der Waals surface area contributed by atoms with E-state index in [1.807, 2.05) is 26.0 Å². The molecular formula is C22H19F4S+. The summed E-state index contributed by atoms with van der Waals surface area (Å²) in [5.74, 6) is -0.342. The molecule has 0 aromatic heterocycles. The minimum atomic E-state index is -4.38. The fourth-order valence-corrected chi connectivity index (χ4v) is 5.12. The van der Waals surface area contributed by atoms with Crippen LogP contribution in [0.2, 0.25) is 0 Å². The van der Waals surface area contributed by atoms with Crippen LogP contribution in [0.3, 0.4) is 0 Å². The molecule has 0 fully saturated rings. The van der Waals surface area contributed by atoms with Gasteiger partial charge in [0.25, 0.3) is 0 Å². The number of rotatable bonds is 3.